The molecule has 2 nitrogen and oxygen atoms in total. The van der Waals surface area contributed by atoms with Gasteiger partial charge in [0.15, 0.2) is 0 Å². The van der Waals surface area contributed by atoms with Crippen molar-refractivity contribution in [3.05, 3.63) is 23.8 Å². The molecule has 1 aliphatic rings. The van der Waals surface area contributed by atoms with Crippen LogP contribution in [-0.2, 0) is 4.79 Å². The van der Waals surface area contributed by atoms with Crippen molar-refractivity contribution >= 4 is 5.97 Å². The van der Waals surface area contributed by atoms with Gasteiger partial charge in [-0.05, 0) is 38.5 Å². The Morgan fingerprint density at radius 2 is 2.43 bits per heavy atom. The van der Waals surface area contributed by atoms with Crippen LogP contribution in [0.4, 0.5) is 0 Å². The van der Waals surface area contributed by atoms with Gasteiger partial charge >= 0.3 is 5.97 Å². The number of aliphatic carboxylic acids is 1. The van der Waals surface area contributed by atoms with E-state index >= 15 is 0 Å². The number of rotatable bonds is 4. The van der Waals surface area contributed by atoms with Crippen molar-refractivity contribution in [2.75, 3.05) is 0 Å². The molecule has 78 valence electrons. The van der Waals surface area contributed by atoms with Crippen molar-refractivity contribution < 1.29 is 9.90 Å². The van der Waals surface area contributed by atoms with Crippen LogP contribution in [0.2, 0.25) is 0 Å². The van der Waals surface area contributed by atoms with Crippen LogP contribution in [0.25, 0.3) is 0 Å². The fourth-order valence-corrected chi connectivity index (χ4v) is 1.83. The summed E-state index contributed by atoms with van der Waals surface area (Å²) < 4.78 is 0. The van der Waals surface area contributed by atoms with Gasteiger partial charge in [-0.3, -0.25) is 4.79 Å². The van der Waals surface area contributed by atoms with Gasteiger partial charge in [-0.15, -0.1) is 0 Å². The van der Waals surface area contributed by atoms with Crippen LogP contribution >= 0.6 is 0 Å². The molecule has 0 aliphatic heterocycles. The number of hydrogen-bond donors (Lipinski definition) is 1. The van der Waals surface area contributed by atoms with Crippen LogP contribution in [0.15, 0.2) is 23.8 Å². The molecule has 0 aromatic carbocycles. The Morgan fingerprint density at radius 1 is 1.71 bits per heavy atom. The van der Waals surface area contributed by atoms with Crippen LogP contribution in [-0.4, -0.2) is 11.1 Å². The number of carbonyl (C=O) groups is 1. The summed E-state index contributed by atoms with van der Waals surface area (Å²) in [5.41, 5.74) is 2.56. The van der Waals surface area contributed by atoms with E-state index in [1.54, 1.807) is 0 Å². The quantitative estimate of drug-likeness (QED) is 0.698. The van der Waals surface area contributed by atoms with E-state index < -0.39 is 5.97 Å². The van der Waals surface area contributed by atoms with Gasteiger partial charge in [0, 0.05) is 6.42 Å². The fraction of sp³-hybridized carbons (Fsp3) is 0.583. The predicted octanol–water partition coefficient (Wildman–Crippen LogP) is 3.15. The molecule has 0 saturated heterocycles. The fourth-order valence-electron chi connectivity index (χ4n) is 1.83. The number of allylic oxidation sites excluding steroid dienone is 3. The molecule has 0 saturated carbocycles. The Kier molecular flexibility index (Phi) is 3.93. The average molecular weight is 194 g/mol. The van der Waals surface area contributed by atoms with Crippen molar-refractivity contribution in [1.82, 2.24) is 0 Å². The molecule has 0 amide bonds. The summed E-state index contributed by atoms with van der Waals surface area (Å²) in [6, 6.07) is 0. The molecule has 0 heterocycles. The SMILES string of the molecule is C=C(C)[C@@H]1CC=C(CCC(=O)O)CC1. The highest BCUT2D eigenvalue weighted by atomic mass is 16.4. The van der Waals surface area contributed by atoms with E-state index in [0.717, 1.165) is 25.7 Å². The van der Waals surface area contributed by atoms with Crippen LogP contribution in [0.5, 0.6) is 0 Å². The standard InChI is InChI=1S/C12H18O2/c1-9(2)11-6-3-10(4-7-11)5-8-12(13)14/h3,11H,1,4-8H2,2H3,(H,13,14)/t11-/m1/s1. The summed E-state index contributed by atoms with van der Waals surface area (Å²) in [6.45, 7) is 6.02. The van der Waals surface area contributed by atoms with E-state index in [9.17, 15) is 4.79 Å². The van der Waals surface area contributed by atoms with Gasteiger partial charge in [0.05, 0.1) is 0 Å². The maximum absolute atomic E-state index is 10.4. The average Bonchev–Trinajstić information content (AvgIpc) is 2.15. The molecule has 1 N–H and O–H groups in total. The second kappa shape index (κ2) is 4.99. The van der Waals surface area contributed by atoms with E-state index in [0.29, 0.717) is 5.92 Å². The first-order valence-corrected chi connectivity index (χ1v) is 5.14. The molecule has 2 heteroatoms. The third kappa shape index (κ3) is 3.36. The molecule has 0 radical (unpaired) electrons. The molecular weight excluding hydrogens is 176 g/mol. The minimum atomic E-state index is -0.701. The van der Waals surface area contributed by atoms with Crippen LogP contribution in [0.1, 0.15) is 39.0 Å². The lowest BCUT2D eigenvalue weighted by Crippen LogP contribution is -2.07. The molecular formula is C12H18O2. The number of hydrogen-bond acceptors (Lipinski definition) is 1. The summed E-state index contributed by atoms with van der Waals surface area (Å²) >= 11 is 0. The molecule has 0 spiro atoms. The van der Waals surface area contributed by atoms with Gasteiger partial charge in [0.2, 0.25) is 0 Å². The van der Waals surface area contributed by atoms with E-state index in [4.69, 9.17) is 5.11 Å². The van der Waals surface area contributed by atoms with Crippen molar-refractivity contribution in [2.45, 2.75) is 39.0 Å². The Labute approximate surface area is 85.3 Å². The second-order valence-corrected chi connectivity index (χ2v) is 4.07. The molecule has 14 heavy (non-hydrogen) atoms. The third-order valence-corrected chi connectivity index (χ3v) is 2.86. The molecule has 0 aromatic heterocycles. The highest BCUT2D eigenvalue weighted by molar-refractivity contribution is 5.67. The first-order chi connectivity index (χ1) is 6.59. The number of carboxylic acids is 1. The van der Waals surface area contributed by atoms with Gasteiger partial charge in [0.25, 0.3) is 0 Å². The minimum absolute atomic E-state index is 0.267. The minimum Gasteiger partial charge on any atom is -0.481 e. The van der Waals surface area contributed by atoms with Crippen LogP contribution < -0.4 is 0 Å². The van der Waals surface area contributed by atoms with Gasteiger partial charge in [-0.2, -0.15) is 0 Å². The molecule has 0 aromatic rings. The van der Waals surface area contributed by atoms with Gasteiger partial charge in [-0.1, -0.05) is 23.8 Å². The van der Waals surface area contributed by atoms with Gasteiger partial charge < -0.3 is 5.11 Å². The zero-order valence-corrected chi connectivity index (χ0v) is 8.75. The van der Waals surface area contributed by atoms with Gasteiger partial charge in [0.1, 0.15) is 0 Å². The first kappa shape index (κ1) is 11.0. The van der Waals surface area contributed by atoms with Crippen molar-refractivity contribution in [3.63, 3.8) is 0 Å². The maximum atomic E-state index is 10.4. The zero-order valence-electron chi connectivity index (χ0n) is 8.75. The molecule has 0 fully saturated rings. The van der Waals surface area contributed by atoms with E-state index in [1.807, 2.05) is 0 Å². The maximum Gasteiger partial charge on any atom is 0.303 e. The zero-order chi connectivity index (χ0) is 10.6. The van der Waals surface area contributed by atoms with Gasteiger partial charge in [-0.25, -0.2) is 0 Å². The summed E-state index contributed by atoms with van der Waals surface area (Å²) in [4.78, 5) is 10.4. The third-order valence-electron chi connectivity index (χ3n) is 2.86. The first-order valence-electron chi connectivity index (χ1n) is 5.14. The second-order valence-electron chi connectivity index (χ2n) is 4.07. The summed E-state index contributed by atoms with van der Waals surface area (Å²) in [5.74, 6) is -0.0866. The van der Waals surface area contributed by atoms with E-state index in [1.165, 1.54) is 11.1 Å². The summed E-state index contributed by atoms with van der Waals surface area (Å²) in [7, 11) is 0. The lowest BCUT2D eigenvalue weighted by atomic mass is 9.84. The van der Waals surface area contributed by atoms with E-state index in [-0.39, 0.29) is 6.42 Å². The summed E-state index contributed by atoms with van der Waals surface area (Å²) in [5, 5.41) is 8.54. The highest BCUT2D eigenvalue weighted by Gasteiger charge is 2.14. The van der Waals surface area contributed by atoms with Crippen molar-refractivity contribution in [1.29, 1.82) is 0 Å². The molecule has 1 aliphatic carbocycles. The van der Waals surface area contributed by atoms with Crippen molar-refractivity contribution in [3.8, 4) is 0 Å². The Morgan fingerprint density at radius 3 is 2.86 bits per heavy atom. The molecule has 1 rings (SSSR count). The van der Waals surface area contributed by atoms with Crippen molar-refractivity contribution in [2.24, 2.45) is 5.92 Å². The lowest BCUT2D eigenvalue weighted by Gasteiger charge is -2.21. The van der Waals surface area contributed by atoms with E-state index in [2.05, 4.69) is 19.6 Å². The lowest BCUT2D eigenvalue weighted by molar-refractivity contribution is -0.136. The smallest absolute Gasteiger partial charge is 0.303 e. The Bertz CT molecular complexity index is 263. The molecule has 0 bridgehead atoms. The van der Waals surface area contributed by atoms with Crippen LogP contribution in [0, 0.1) is 5.92 Å². The highest BCUT2D eigenvalue weighted by Crippen LogP contribution is 2.29. The topological polar surface area (TPSA) is 37.3 Å². The largest absolute Gasteiger partial charge is 0.481 e. The molecule has 1 atom stereocenters. The Hall–Kier alpha value is -1.05. The Balaban J connectivity index is 2.37. The van der Waals surface area contributed by atoms with Crippen LogP contribution in [0.3, 0.4) is 0 Å². The summed E-state index contributed by atoms with van der Waals surface area (Å²) in [6.07, 6.45) is 6.42. The molecule has 0 unspecified atom stereocenters. The predicted molar refractivity (Wildman–Crippen MR) is 57.1 cm³/mol. The number of carboxylic acid groups (broad SMARTS) is 1. The normalized spacial score (nSPS) is 21.5. The monoisotopic (exact) mass is 194 g/mol.